The number of hydrogen-bond donors (Lipinski definition) is 3. The summed E-state index contributed by atoms with van der Waals surface area (Å²) in [5.74, 6) is -4.15. The number of nitrogen functional groups attached to an aromatic ring is 1. The molecular formula is C19H22F2N4O3. The van der Waals surface area contributed by atoms with Crippen molar-refractivity contribution >= 4 is 28.2 Å². The van der Waals surface area contributed by atoms with Gasteiger partial charge in [-0.1, -0.05) is 0 Å². The SMILES string of the molecule is [2H]C1([2H])C(n2cc(C(=O)O)c(=O)c3c(N)c(F)c(N4C[C@@H](C)N[C@@H](C)C4)c(F)c32)C1([2H])[2H]. The average Bonchev–Trinajstić information content (AvgIpc) is 3.07. The van der Waals surface area contributed by atoms with Gasteiger partial charge in [0.05, 0.1) is 16.6 Å². The first-order chi connectivity index (χ1) is 14.7. The van der Waals surface area contributed by atoms with Crippen molar-refractivity contribution in [3.05, 3.63) is 33.6 Å². The van der Waals surface area contributed by atoms with Gasteiger partial charge in [0.15, 0.2) is 11.6 Å². The van der Waals surface area contributed by atoms with Crippen molar-refractivity contribution in [1.29, 1.82) is 0 Å². The molecule has 2 aliphatic rings. The largest absolute Gasteiger partial charge is 0.477 e. The maximum atomic E-state index is 15.9. The zero-order chi connectivity index (χ0) is 23.9. The number of piperazine rings is 1. The molecule has 1 aromatic heterocycles. The topological polar surface area (TPSA) is 101 Å². The third-order valence-electron chi connectivity index (χ3n) is 5.02. The lowest BCUT2D eigenvalue weighted by atomic mass is 10.0. The fourth-order valence-corrected chi connectivity index (χ4v) is 3.87. The summed E-state index contributed by atoms with van der Waals surface area (Å²) in [4.78, 5) is 25.8. The predicted octanol–water partition coefficient (Wildman–Crippen LogP) is 2.08. The molecule has 9 heteroatoms. The second-order valence-electron chi connectivity index (χ2n) is 7.26. The number of nitrogens with one attached hydrogen (secondary N) is 1. The molecule has 1 aliphatic carbocycles. The van der Waals surface area contributed by atoms with Crippen LogP contribution in [0.25, 0.3) is 10.9 Å². The van der Waals surface area contributed by atoms with Gasteiger partial charge in [-0.05, 0) is 26.6 Å². The summed E-state index contributed by atoms with van der Waals surface area (Å²) < 4.78 is 63.7. The van der Waals surface area contributed by atoms with Crippen molar-refractivity contribution in [1.82, 2.24) is 9.88 Å². The van der Waals surface area contributed by atoms with Crippen LogP contribution in [0.4, 0.5) is 20.2 Å². The number of carboxylic acid groups (broad SMARTS) is 1. The van der Waals surface area contributed by atoms with Gasteiger partial charge in [0.25, 0.3) is 0 Å². The number of carboxylic acids is 1. The Morgan fingerprint density at radius 3 is 2.43 bits per heavy atom. The highest BCUT2D eigenvalue weighted by molar-refractivity contribution is 5.99. The van der Waals surface area contributed by atoms with E-state index < -0.39 is 69.7 Å². The van der Waals surface area contributed by atoms with Crippen molar-refractivity contribution in [2.24, 2.45) is 0 Å². The molecular weight excluding hydrogens is 370 g/mol. The van der Waals surface area contributed by atoms with E-state index in [9.17, 15) is 14.7 Å². The molecule has 7 nitrogen and oxygen atoms in total. The molecule has 0 spiro atoms. The Morgan fingerprint density at radius 1 is 1.29 bits per heavy atom. The first-order valence-corrected chi connectivity index (χ1v) is 8.81. The maximum absolute atomic E-state index is 15.9. The number of halogens is 2. The van der Waals surface area contributed by atoms with E-state index in [0.29, 0.717) is 6.20 Å². The van der Waals surface area contributed by atoms with Crippen molar-refractivity contribution in [2.75, 3.05) is 23.7 Å². The number of nitrogens with two attached hydrogens (primary N) is 1. The molecule has 150 valence electrons. The van der Waals surface area contributed by atoms with Gasteiger partial charge in [0.1, 0.15) is 11.3 Å². The van der Waals surface area contributed by atoms with Gasteiger partial charge in [-0.15, -0.1) is 0 Å². The molecule has 2 fully saturated rings. The van der Waals surface area contributed by atoms with Crippen LogP contribution in [0.3, 0.4) is 0 Å². The van der Waals surface area contributed by atoms with Crippen LogP contribution in [-0.4, -0.2) is 40.8 Å². The highest BCUT2D eigenvalue weighted by atomic mass is 19.1. The van der Waals surface area contributed by atoms with E-state index in [0.717, 1.165) is 4.57 Å². The van der Waals surface area contributed by atoms with Gasteiger partial charge in [-0.25, -0.2) is 13.6 Å². The predicted molar refractivity (Wildman–Crippen MR) is 102 cm³/mol. The third-order valence-corrected chi connectivity index (χ3v) is 5.02. The number of benzene rings is 1. The van der Waals surface area contributed by atoms with Crippen molar-refractivity contribution in [2.45, 2.75) is 44.7 Å². The molecule has 0 unspecified atom stereocenters. The number of pyridine rings is 1. The summed E-state index contributed by atoms with van der Waals surface area (Å²) >= 11 is 0. The van der Waals surface area contributed by atoms with E-state index in [-0.39, 0.29) is 25.2 Å². The van der Waals surface area contributed by atoms with E-state index >= 15 is 8.78 Å². The zero-order valence-corrected chi connectivity index (χ0v) is 15.2. The second kappa shape index (κ2) is 6.44. The summed E-state index contributed by atoms with van der Waals surface area (Å²) in [5, 5.41) is 11.9. The van der Waals surface area contributed by atoms with E-state index in [2.05, 4.69) is 5.32 Å². The summed E-state index contributed by atoms with van der Waals surface area (Å²) in [6, 6.07) is -1.89. The van der Waals surface area contributed by atoms with Crippen molar-refractivity contribution in [3.8, 4) is 0 Å². The molecule has 0 radical (unpaired) electrons. The molecule has 2 heterocycles. The Morgan fingerprint density at radius 2 is 1.89 bits per heavy atom. The number of hydrogen-bond acceptors (Lipinski definition) is 5. The van der Waals surface area contributed by atoms with Crippen LogP contribution < -0.4 is 21.4 Å². The molecule has 2 aromatic rings. The van der Waals surface area contributed by atoms with E-state index in [1.54, 1.807) is 0 Å². The van der Waals surface area contributed by atoms with Crippen LogP contribution in [-0.2, 0) is 0 Å². The lowest BCUT2D eigenvalue weighted by Crippen LogP contribution is -2.54. The van der Waals surface area contributed by atoms with Gasteiger partial charge in [-0.3, -0.25) is 4.79 Å². The molecule has 1 saturated carbocycles. The van der Waals surface area contributed by atoms with Gasteiger partial charge >= 0.3 is 5.97 Å². The highest BCUT2D eigenvalue weighted by Gasteiger charge is 2.34. The quantitative estimate of drug-likeness (QED) is 0.687. The van der Waals surface area contributed by atoms with Crippen LogP contribution in [0.2, 0.25) is 0 Å². The maximum Gasteiger partial charge on any atom is 0.341 e. The number of anilines is 2. The normalized spacial score (nSPS) is 28.4. The summed E-state index contributed by atoms with van der Waals surface area (Å²) in [5.41, 5.74) is 1.86. The third kappa shape index (κ3) is 2.81. The van der Waals surface area contributed by atoms with Crippen LogP contribution in [0, 0.1) is 11.6 Å². The van der Waals surface area contributed by atoms with Crippen LogP contribution in [0.5, 0.6) is 0 Å². The lowest BCUT2D eigenvalue weighted by molar-refractivity contribution is 0.0695. The minimum Gasteiger partial charge on any atom is -0.477 e. The number of rotatable bonds is 3. The zero-order valence-electron chi connectivity index (χ0n) is 19.2. The van der Waals surface area contributed by atoms with Crippen molar-refractivity contribution in [3.63, 3.8) is 0 Å². The van der Waals surface area contributed by atoms with E-state index in [1.165, 1.54) is 4.90 Å². The Kier molecular flexibility index (Phi) is 3.30. The van der Waals surface area contributed by atoms with Gasteiger partial charge < -0.3 is 25.6 Å². The molecule has 4 N–H and O–H groups in total. The monoisotopic (exact) mass is 396 g/mol. The average molecular weight is 396 g/mol. The fourth-order valence-electron chi connectivity index (χ4n) is 3.87. The molecule has 1 aromatic carbocycles. The molecule has 2 atom stereocenters. The molecule has 4 rings (SSSR count). The Labute approximate surface area is 165 Å². The van der Waals surface area contributed by atoms with Crippen LogP contribution >= 0.6 is 0 Å². The van der Waals surface area contributed by atoms with Gasteiger partial charge in [0, 0.05) is 42.9 Å². The lowest BCUT2D eigenvalue weighted by Gasteiger charge is -2.38. The summed E-state index contributed by atoms with van der Waals surface area (Å²) in [6.45, 7) is 4.08. The summed E-state index contributed by atoms with van der Waals surface area (Å²) in [6.07, 6.45) is -4.25. The van der Waals surface area contributed by atoms with Gasteiger partial charge in [0.2, 0.25) is 5.43 Å². The second-order valence-corrected chi connectivity index (χ2v) is 7.26. The Balaban J connectivity index is 2.10. The van der Waals surface area contributed by atoms with Crippen LogP contribution in [0.15, 0.2) is 11.0 Å². The molecule has 1 aliphatic heterocycles. The van der Waals surface area contributed by atoms with Crippen molar-refractivity contribution < 1.29 is 24.2 Å². The number of nitrogens with zero attached hydrogens (tertiary/aromatic N) is 2. The highest BCUT2D eigenvalue weighted by Crippen LogP contribution is 2.41. The minimum atomic E-state index is -2.47. The standard InChI is InChI=1S/C19H22F2N4O3/c1-8-5-24(6-9(2)23-8)17-13(20)15(22)12-16(14(17)21)25(10-3-4-10)7-11(18(12)26)19(27)28/h7-10,23H,3-6,22H2,1-2H3,(H,27,28)/t8-,9+/i3D2,4D2. The summed E-state index contributed by atoms with van der Waals surface area (Å²) in [7, 11) is 0. The van der Waals surface area contributed by atoms with E-state index in [4.69, 9.17) is 11.2 Å². The molecule has 0 bridgehead atoms. The number of aromatic nitrogens is 1. The van der Waals surface area contributed by atoms with Crippen LogP contribution in [0.1, 0.15) is 48.5 Å². The Hall–Kier alpha value is -2.68. The first kappa shape index (κ1) is 14.3. The number of aromatic carboxylic acids is 1. The molecule has 1 saturated heterocycles. The Bertz CT molecular complexity index is 1200. The molecule has 0 amide bonds. The number of fused-ring (bicyclic) bond motifs is 1. The smallest absolute Gasteiger partial charge is 0.341 e. The van der Waals surface area contributed by atoms with E-state index in [1.807, 2.05) is 13.8 Å². The van der Waals surface area contributed by atoms with Gasteiger partial charge in [-0.2, -0.15) is 0 Å². The fraction of sp³-hybridized carbons (Fsp3) is 0.474. The number of carbonyl (C=O) groups is 1. The molecule has 28 heavy (non-hydrogen) atoms. The minimum absolute atomic E-state index is 0.127. The first-order valence-electron chi connectivity index (χ1n) is 10.8.